The first-order valence-corrected chi connectivity index (χ1v) is 5.01. The lowest BCUT2D eigenvalue weighted by Gasteiger charge is -2.05. The van der Waals surface area contributed by atoms with Gasteiger partial charge < -0.3 is 14.8 Å². The molecule has 0 radical (unpaired) electrons. The summed E-state index contributed by atoms with van der Waals surface area (Å²) in [6, 6.07) is 1.66. The SMILES string of the molecule is CCOC(=O)CCNc1cc(OC)ncn1. The quantitative estimate of drug-likeness (QED) is 0.723. The monoisotopic (exact) mass is 225 g/mol. The molecular weight excluding hydrogens is 210 g/mol. The Morgan fingerprint density at radius 1 is 1.50 bits per heavy atom. The predicted molar refractivity (Wildman–Crippen MR) is 58.3 cm³/mol. The number of nitrogens with zero attached hydrogens (tertiary/aromatic N) is 2. The van der Waals surface area contributed by atoms with Gasteiger partial charge in [-0.1, -0.05) is 0 Å². The standard InChI is InChI=1S/C10H15N3O3/c1-3-16-10(14)4-5-11-8-6-9(15-2)13-7-12-8/h6-7H,3-5H2,1-2H3,(H,11,12,13). The summed E-state index contributed by atoms with van der Waals surface area (Å²) in [7, 11) is 1.53. The third-order valence-electron chi connectivity index (χ3n) is 1.79. The summed E-state index contributed by atoms with van der Waals surface area (Å²) in [6.07, 6.45) is 1.70. The van der Waals surface area contributed by atoms with Crippen molar-refractivity contribution in [3.05, 3.63) is 12.4 Å². The maximum atomic E-state index is 11.0. The van der Waals surface area contributed by atoms with Gasteiger partial charge in [-0.15, -0.1) is 0 Å². The Bertz CT molecular complexity index is 344. The van der Waals surface area contributed by atoms with Crippen molar-refractivity contribution in [2.75, 3.05) is 25.6 Å². The van der Waals surface area contributed by atoms with Gasteiger partial charge >= 0.3 is 5.97 Å². The fraction of sp³-hybridized carbons (Fsp3) is 0.500. The van der Waals surface area contributed by atoms with E-state index in [1.165, 1.54) is 13.4 Å². The number of esters is 1. The van der Waals surface area contributed by atoms with Crippen molar-refractivity contribution in [2.24, 2.45) is 0 Å². The molecule has 0 unspecified atom stereocenters. The van der Waals surface area contributed by atoms with Crippen LogP contribution in [0.2, 0.25) is 0 Å². The number of carbonyl (C=O) groups is 1. The van der Waals surface area contributed by atoms with Gasteiger partial charge in [-0.2, -0.15) is 0 Å². The number of carbonyl (C=O) groups excluding carboxylic acids is 1. The molecule has 1 aromatic heterocycles. The first-order valence-electron chi connectivity index (χ1n) is 5.01. The maximum absolute atomic E-state index is 11.0. The molecule has 0 spiro atoms. The van der Waals surface area contributed by atoms with Crippen LogP contribution in [0.3, 0.4) is 0 Å². The number of hydrogen-bond acceptors (Lipinski definition) is 6. The van der Waals surface area contributed by atoms with E-state index in [2.05, 4.69) is 15.3 Å². The average molecular weight is 225 g/mol. The van der Waals surface area contributed by atoms with Gasteiger partial charge in [-0.25, -0.2) is 9.97 Å². The van der Waals surface area contributed by atoms with Crippen molar-refractivity contribution in [1.82, 2.24) is 9.97 Å². The van der Waals surface area contributed by atoms with Gasteiger partial charge in [0.2, 0.25) is 5.88 Å². The molecule has 0 aliphatic rings. The van der Waals surface area contributed by atoms with Crippen LogP contribution in [0.15, 0.2) is 12.4 Å². The lowest BCUT2D eigenvalue weighted by Crippen LogP contribution is -2.12. The molecule has 0 saturated carbocycles. The Balaban J connectivity index is 2.34. The highest BCUT2D eigenvalue weighted by atomic mass is 16.5. The molecule has 1 rings (SSSR count). The van der Waals surface area contributed by atoms with Crippen LogP contribution >= 0.6 is 0 Å². The van der Waals surface area contributed by atoms with Crippen LogP contribution in [0.25, 0.3) is 0 Å². The fourth-order valence-corrected chi connectivity index (χ4v) is 1.07. The van der Waals surface area contributed by atoms with Crippen molar-refractivity contribution in [1.29, 1.82) is 0 Å². The van der Waals surface area contributed by atoms with Gasteiger partial charge in [0.15, 0.2) is 0 Å². The smallest absolute Gasteiger partial charge is 0.307 e. The second kappa shape index (κ2) is 6.60. The zero-order valence-electron chi connectivity index (χ0n) is 9.40. The van der Waals surface area contributed by atoms with E-state index < -0.39 is 0 Å². The molecule has 0 fully saturated rings. The summed E-state index contributed by atoms with van der Waals surface area (Å²) in [5.74, 6) is 0.876. The number of methoxy groups -OCH3 is 1. The Morgan fingerprint density at radius 2 is 2.31 bits per heavy atom. The van der Waals surface area contributed by atoms with Crippen LogP contribution in [0.1, 0.15) is 13.3 Å². The second-order valence-corrected chi connectivity index (χ2v) is 2.93. The second-order valence-electron chi connectivity index (χ2n) is 2.93. The van der Waals surface area contributed by atoms with Gasteiger partial charge in [0.1, 0.15) is 12.1 Å². The maximum Gasteiger partial charge on any atom is 0.307 e. The highest BCUT2D eigenvalue weighted by Crippen LogP contribution is 2.09. The summed E-state index contributed by atoms with van der Waals surface area (Å²) in [5, 5.41) is 2.98. The van der Waals surface area contributed by atoms with E-state index in [1.54, 1.807) is 13.0 Å². The lowest BCUT2D eigenvalue weighted by atomic mass is 10.4. The first-order chi connectivity index (χ1) is 7.76. The van der Waals surface area contributed by atoms with E-state index in [0.717, 1.165) is 0 Å². The molecule has 0 aliphatic heterocycles. The summed E-state index contributed by atoms with van der Waals surface area (Å²) in [5.41, 5.74) is 0. The molecule has 0 aliphatic carbocycles. The van der Waals surface area contributed by atoms with Crippen LogP contribution in [-0.4, -0.2) is 36.2 Å². The van der Waals surface area contributed by atoms with Crippen LogP contribution in [0.4, 0.5) is 5.82 Å². The zero-order valence-corrected chi connectivity index (χ0v) is 9.40. The Labute approximate surface area is 94.0 Å². The summed E-state index contributed by atoms with van der Waals surface area (Å²) < 4.78 is 9.73. The highest BCUT2D eigenvalue weighted by Gasteiger charge is 2.02. The average Bonchev–Trinajstić information content (AvgIpc) is 2.30. The third kappa shape index (κ3) is 4.12. The van der Waals surface area contributed by atoms with Crippen LogP contribution in [0, 0.1) is 0 Å². The number of hydrogen-bond donors (Lipinski definition) is 1. The van der Waals surface area contributed by atoms with E-state index >= 15 is 0 Å². The van der Waals surface area contributed by atoms with Gasteiger partial charge in [-0.05, 0) is 6.92 Å². The van der Waals surface area contributed by atoms with Gasteiger partial charge in [-0.3, -0.25) is 4.79 Å². The third-order valence-corrected chi connectivity index (χ3v) is 1.79. The van der Waals surface area contributed by atoms with Crippen molar-refractivity contribution in [3.63, 3.8) is 0 Å². The predicted octanol–water partition coefficient (Wildman–Crippen LogP) is 0.850. The number of ether oxygens (including phenoxy) is 2. The molecule has 0 aromatic carbocycles. The molecule has 16 heavy (non-hydrogen) atoms. The molecule has 0 bridgehead atoms. The fourth-order valence-electron chi connectivity index (χ4n) is 1.07. The van der Waals surface area contributed by atoms with Gasteiger partial charge in [0.25, 0.3) is 0 Å². The van der Waals surface area contributed by atoms with E-state index in [4.69, 9.17) is 9.47 Å². The molecule has 88 valence electrons. The van der Waals surface area contributed by atoms with E-state index in [1.807, 2.05) is 0 Å². The van der Waals surface area contributed by atoms with Crippen molar-refractivity contribution in [3.8, 4) is 5.88 Å². The lowest BCUT2D eigenvalue weighted by molar-refractivity contribution is -0.142. The normalized spacial score (nSPS) is 9.62. The highest BCUT2D eigenvalue weighted by molar-refractivity contribution is 5.69. The van der Waals surface area contributed by atoms with Crippen LogP contribution < -0.4 is 10.1 Å². The molecule has 1 heterocycles. The Kier molecular flexibility index (Phi) is 5.04. The topological polar surface area (TPSA) is 73.3 Å². The van der Waals surface area contributed by atoms with Crippen molar-refractivity contribution in [2.45, 2.75) is 13.3 Å². The summed E-state index contributed by atoms with van der Waals surface area (Å²) >= 11 is 0. The van der Waals surface area contributed by atoms with Crippen molar-refractivity contribution < 1.29 is 14.3 Å². The Hall–Kier alpha value is -1.85. The minimum atomic E-state index is -0.226. The molecular formula is C10H15N3O3. The van der Waals surface area contributed by atoms with Gasteiger partial charge in [0.05, 0.1) is 20.1 Å². The minimum Gasteiger partial charge on any atom is -0.481 e. The van der Waals surface area contributed by atoms with E-state index in [9.17, 15) is 4.79 Å². The van der Waals surface area contributed by atoms with Crippen molar-refractivity contribution >= 4 is 11.8 Å². The zero-order chi connectivity index (χ0) is 11.8. The van der Waals surface area contributed by atoms with Crippen LogP contribution in [-0.2, 0) is 9.53 Å². The number of anilines is 1. The molecule has 6 heteroatoms. The van der Waals surface area contributed by atoms with E-state index in [-0.39, 0.29) is 5.97 Å². The summed E-state index contributed by atoms with van der Waals surface area (Å²) in [6.45, 7) is 2.65. The van der Waals surface area contributed by atoms with Gasteiger partial charge in [0, 0.05) is 12.6 Å². The number of nitrogens with one attached hydrogen (secondary N) is 1. The summed E-state index contributed by atoms with van der Waals surface area (Å²) in [4.78, 5) is 18.9. The Morgan fingerprint density at radius 3 is 3.00 bits per heavy atom. The number of rotatable bonds is 6. The molecule has 1 N–H and O–H groups in total. The molecule has 0 saturated heterocycles. The van der Waals surface area contributed by atoms with E-state index in [0.29, 0.717) is 31.3 Å². The molecule has 1 aromatic rings. The number of aromatic nitrogens is 2. The molecule has 0 amide bonds. The van der Waals surface area contributed by atoms with Crippen LogP contribution in [0.5, 0.6) is 5.88 Å². The molecule has 6 nitrogen and oxygen atoms in total. The minimum absolute atomic E-state index is 0.226. The first kappa shape index (κ1) is 12.2. The molecule has 0 atom stereocenters. The largest absolute Gasteiger partial charge is 0.481 e.